The molecule has 0 saturated carbocycles. The number of nitrogens with zero attached hydrogens (tertiary/aromatic N) is 3. The molecule has 1 aromatic heterocycles. The summed E-state index contributed by atoms with van der Waals surface area (Å²) in [7, 11) is 0. The Morgan fingerprint density at radius 3 is 2.52 bits per heavy atom. The maximum absolute atomic E-state index is 13.0. The highest BCUT2D eigenvalue weighted by atomic mass is 16.5. The van der Waals surface area contributed by atoms with Gasteiger partial charge >= 0.3 is 0 Å². The van der Waals surface area contributed by atoms with Gasteiger partial charge in [-0.2, -0.15) is 4.98 Å². The SMILES string of the molecule is CCC(CC)C(CNC(=O)C1CCN(c2nc3ccccc3o2)CC1)N1CCOCC1. The lowest BCUT2D eigenvalue weighted by Gasteiger charge is -2.39. The van der Waals surface area contributed by atoms with Gasteiger partial charge < -0.3 is 19.4 Å². The molecule has 31 heavy (non-hydrogen) atoms. The number of ether oxygens (including phenoxy) is 1. The molecule has 1 atom stereocenters. The third-order valence-electron chi connectivity index (χ3n) is 7.01. The molecule has 4 rings (SSSR count). The van der Waals surface area contributed by atoms with Crippen molar-refractivity contribution < 1.29 is 13.9 Å². The van der Waals surface area contributed by atoms with Gasteiger partial charge in [-0.25, -0.2) is 0 Å². The van der Waals surface area contributed by atoms with E-state index in [9.17, 15) is 4.79 Å². The fraction of sp³-hybridized carbons (Fsp3) is 0.667. The summed E-state index contributed by atoms with van der Waals surface area (Å²) < 4.78 is 11.4. The van der Waals surface area contributed by atoms with E-state index in [1.54, 1.807) is 0 Å². The summed E-state index contributed by atoms with van der Waals surface area (Å²) in [5, 5.41) is 3.30. The van der Waals surface area contributed by atoms with Crippen LogP contribution in [0, 0.1) is 11.8 Å². The zero-order chi connectivity index (χ0) is 21.6. The minimum absolute atomic E-state index is 0.0627. The molecule has 2 aromatic rings. The van der Waals surface area contributed by atoms with Gasteiger partial charge in [-0.1, -0.05) is 38.8 Å². The summed E-state index contributed by atoms with van der Waals surface area (Å²) in [5.41, 5.74) is 1.70. The van der Waals surface area contributed by atoms with Crippen LogP contribution in [0.4, 0.5) is 6.01 Å². The summed E-state index contributed by atoms with van der Waals surface area (Å²) >= 11 is 0. The van der Waals surface area contributed by atoms with E-state index in [2.05, 4.69) is 33.9 Å². The minimum Gasteiger partial charge on any atom is -0.423 e. The number of hydrogen-bond donors (Lipinski definition) is 1. The van der Waals surface area contributed by atoms with Crippen molar-refractivity contribution in [2.24, 2.45) is 11.8 Å². The average molecular weight is 429 g/mol. The standard InChI is InChI=1S/C24H36N4O3/c1-3-18(4-2)21(27-13-15-30-16-14-27)17-25-23(29)19-9-11-28(12-10-19)24-26-20-7-5-6-8-22(20)31-24/h5-8,18-19,21H,3-4,9-17H2,1-2H3,(H,25,29). The number of carbonyl (C=O) groups is 1. The van der Waals surface area contributed by atoms with Crippen molar-refractivity contribution in [1.29, 1.82) is 0 Å². The number of fused-ring (bicyclic) bond motifs is 1. The van der Waals surface area contributed by atoms with Crippen LogP contribution in [-0.4, -0.2) is 67.8 Å². The van der Waals surface area contributed by atoms with Gasteiger partial charge in [0.05, 0.1) is 13.2 Å². The predicted molar refractivity (Wildman–Crippen MR) is 122 cm³/mol. The lowest BCUT2D eigenvalue weighted by molar-refractivity contribution is -0.126. The largest absolute Gasteiger partial charge is 0.423 e. The molecule has 0 radical (unpaired) electrons. The van der Waals surface area contributed by atoms with Crippen molar-refractivity contribution in [3.63, 3.8) is 0 Å². The van der Waals surface area contributed by atoms with E-state index in [0.29, 0.717) is 18.0 Å². The smallest absolute Gasteiger partial charge is 0.298 e. The summed E-state index contributed by atoms with van der Waals surface area (Å²) in [4.78, 5) is 22.2. The van der Waals surface area contributed by atoms with Crippen LogP contribution in [0.2, 0.25) is 0 Å². The molecule has 0 spiro atoms. The first kappa shape index (κ1) is 22.1. The number of carbonyl (C=O) groups excluding carboxylic acids is 1. The van der Waals surface area contributed by atoms with E-state index in [0.717, 1.165) is 82.7 Å². The number of aromatic nitrogens is 1. The highest BCUT2D eigenvalue weighted by Gasteiger charge is 2.30. The lowest BCUT2D eigenvalue weighted by atomic mass is 9.91. The van der Waals surface area contributed by atoms with Crippen molar-refractivity contribution in [3.8, 4) is 0 Å². The molecule has 0 bridgehead atoms. The number of hydrogen-bond acceptors (Lipinski definition) is 6. The number of nitrogens with one attached hydrogen (secondary N) is 1. The number of anilines is 1. The van der Waals surface area contributed by atoms with Crippen LogP contribution in [0.15, 0.2) is 28.7 Å². The van der Waals surface area contributed by atoms with Crippen molar-refractivity contribution in [3.05, 3.63) is 24.3 Å². The van der Waals surface area contributed by atoms with Crippen molar-refractivity contribution in [2.75, 3.05) is 50.8 Å². The first-order chi connectivity index (χ1) is 15.2. The number of piperidine rings is 1. The summed E-state index contributed by atoms with van der Waals surface area (Å²) in [6, 6.07) is 8.89. The quantitative estimate of drug-likeness (QED) is 0.696. The van der Waals surface area contributed by atoms with E-state index >= 15 is 0 Å². The molecule has 7 nitrogen and oxygen atoms in total. The van der Waals surface area contributed by atoms with Crippen molar-refractivity contribution in [2.45, 2.75) is 45.6 Å². The monoisotopic (exact) mass is 428 g/mol. The highest BCUT2D eigenvalue weighted by Crippen LogP contribution is 2.26. The second-order valence-electron chi connectivity index (χ2n) is 8.76. The lowest BCUT2D eigenvalue weighted by Crippen LogP contribution is -2.53. The Labute approximate surface area is 185 Å². The molecule has 2 aliphatic rings. The van der Waals surface area contributed by atoms with Gasteiger partial charge in [0.25, 0.3) is 6.01 Å². The maximum Gasteiger partial charge on any atom is 0.298 e. The van der Waals surface area contributed by atoms with Gasteiger partial charge in [-0.15, -0.1) is 0 Å². The summed E-state index contributed by atoms with van der Waals surface area (Å²) in [6.07, 6.45) is 3.93. The van der Waals surface area contributed by atoms with Crippen molar-refractivity contribution in [1.82, 2.24) is 15.2 Å². The molecule has 1 N–H and O–H groups in total. The van der Waals surface area contributed by atoms with Gasteiger partial charge in [0.2, 0.25) is 5.91 Å². The van der Waals surface area contributed by atoms with Crippen molar-refractivity contribution >= 4 is 23.0 Å². The second kappa shape index (κ2) is 10.5. The molecule has 1 aromatic carbocycles. The molecular weight excluding hydrogens is 392 g/mol. The molecule has 1 unspecified atom stereocenters. The van der Waals surface area contributed by atoms with Crippen LogP contribution in [0.1, 0.15) is 39.5 Å². The molecule has 2 fully saturated rings. The van der Waals surface area contributed by atoms with Gasteiger partial charge in [-0.3, -0.25) is 9.69 Å². The van der Waals surface area contributed by atoms with E-state index < -0.39 is 0 Å². The molecule has 3 heterocycles. The third-order valence-corrected chi connectivity index (χ3v) is 7.01. The number of morpholine rings is 1. The fourth-order valence-corrected chi connectivity index (χ4v) is 5.01. The number of amides is 1. The molecular formula is C24H36N4O3. The van der Waals surface area contributed by atoms with Gasteiger partial charge in [0.1, 0.15) is 5.52 Å². The minimum atomic E-state index is 0.0627. The average Bonchev–Trinajstić information content (AvgIpc) is 3.26. The fourth-order valence-electron chi connectivity index (χ4n) is 5.01. The van der Waals surface area contributed by atoms with Crippen LogP contribution >= 0.6 is 0 Å². The summed E-state index contributed by atoms with van der Waals surface area (Å²) in [5.74, 6) is 0.855. The Balaban J connectivity index is 1.30. The van der Waals surface area contributed by atoms with Crippen LogP contribution in [0.5, 0.6) is 0 Å². The van der Waals surface area contributed by atoms with Gasteiger partial charge in [0.15, 0.2) is 5.58 Å². The second-order valence-corrected chi connectivity index (χ2v) is 8.76. The van der Waals surface area contributed by atoms with E-state index in [-0.39, 0.29) is 11.8 Å². The van der Waals surface area contributed by atoms with Crippen LogP contribution in [0.25, 0.3) is 11.1 Å². The topological polar surface area (TPSA) is 70.8 Å². The molecule has 2 saturated heterocycles. The maximum atomic E-state index is 13.0. The van der Waals surface area contributed by atoms with E-state index in [1.165, 1.54) is 0 Å². The molecule has 170 valence electrons. The van der Waals surface area contributed by atoms with E-state index in [1.807, 2.05) is 24.3 Å². The van der Waals surface area contributed by atoms with E-state index in [4.69, 9.17) is 9.15 Å². The first-order valence-electron chi connectivity index (χ1n) is 11.9. The molecule has 0 aliphatic carbocycles. The van der Waals surface area contributed by atoms with Gasteiger partial charge in [0, 0.05) is 44.7 Å². The number of para-hydroxylation sites is 2. The normalized spacial score (nSPS) is 19.8. The predicted octanol–water partition coefficient (Wildman–Crippen LogP) is 3.30. The number of benzene rings is 1. The zero-order valence-corrected chi connectivity index (χ0v) is 18.9. The Kier molecular flexibility index (Phi) is 7.45. The number of oxazole rings is 1. The Hall–Kier alpha value is -2.12. The number of rotatable bonds is 8. The first-order valence-corrected chi connectivity index (χ1v) is 11.9. The molecule has 7 heteroatoms. The highest BCUT2D eigenvalue weighted by molar-refractivity contribution is 5.79. The third kappa shape index (κ3) is 5.21. The van der Waals surface area contributed by atoms with Crippen LogP contribution < -0.4 is 10.2 Å². The Morgan fingerprint density at radius 1 is 1.13 bits per heavy atom. The Bertz CT molecular complexity index is 803. The Morgan fingerprint density at radius 2 is 1.84 bits per heavy atom. The van der Waals surface area contributed by atoms with Crippen LogP contribution in [0.3, 0.4) is 0 Å². The molecule has 2 aliphatic heterocycles. The summed E-state index contributed by atoms with van der Waals surface area (Å²) in [6.45, 7) is 10.3. The zero-order valence-electron chi connectivity index (χ0n) is 18.9. The molecule has 1 amide bonds. The van der Waals surface area contributed by atoms with Gasteiger partial charge in [-0.05, 0) is 30.9 Å². The van der Waals surface area contributed by atoms with Crippen LogP contribution in [-0.2, 0) is 9.53 Å².